The Kier molecular flexibility index (Phi) is 5.21. The Morgan fingerprint density at radius 1 is 1.29 bits per heavy atom. The van der Waals surface area contributed by atoms with Gasteiger partial charge >= 0.3 is 5.97 Å². The Bertz CT molecular complexity index is 595. The number of nitrogens with zero attached hydrogens (tertiary/aromatic N) is 1. The molecule has 0 saturated carbocycles. The minimum Gasteiger partial charge on any atom is -0.481 e. The van der Waals surface area contributed by atoms with Crippen molar-refractivity contribution in [2.45, 2.75) is 19.4 Å². The lowest BCUT2D eigenvalue weighted by Crippen LogP contribution is -2.45. The van der Waals surface area contributed by atoms with Crippen LogP contribution in [0.2, 0.25) is 5.02 Å². The van der Waals surface area contributed by atoms with E-state index in [9.17, 15) is 13.2 Å². The fourth-order valence-electron chi connectivity index (χ4n) is 2.21. The molecule has 0 atom stereocenters. The number of hydrogen-bond donors (Lipinski definition) is 2. The third-order valence-electron chi connectivity index (χ3n) is 3.52. The molecule has 1 aromatic carbocycles. The highest BCUT2D eigenvalue weighted by molar-refractivity contribution is 7.87. The van der Waals surface area contributed by atoms with Gasteiger partial charge in [-0.1, -0.05) is 23.7 Å². The lowest BCUT2D eigenvalue weighted by Gasteiger charge is -2.29. The number of rotatable bonds is 5. The third-order valence-corrected chi connectivity index (χ3v) is 5.32. The molecule has 2 N–H and O–H groups in total. The molecule has 0 spiro atoms. The van der Waals surface area contributed by atoms with Crippen LogP contribution in [0, 0.1) is 5.92 Å². The van der Waals surface area contributed by atoms with Crippen LogP contribution in [0.4, 0.5) is 0 Å². The van der Waals surface area contributed by atoms with Crippen molar-refractivity contribution in [3.05, 3.63) is 34.9 Å². The van der Waals surface area contributed by atoms with Gasteiger partial charge in [-0.3, -0.25) is 4.79 Å². The lowest BCUT2D eigenvalue weighted by atomic mass is 9.99. The minimum absolute atomic E-state index is 0.179. The molecule has 0 unspecified atom stereocenters. The lowest BCUT2D eigenvalue weighted by molar-refractivity contribution is -0.142. The Hall–Kier alpha value is -1.15. The molecule has 6 nitrogen and oxygen atoms in total. The molecule has 1 aliphatic heterocycles. The molecule has 1 aliphatic rings. The van der Waals surface area contributed by atoms with Gasteiger partial charge in [0.2, 0.25) is 0 Å². The predicted molar refractivity (Wildman–Crippen MR) is 79.1 cm³/mol. The second kappa shape index (κ2) is 6.74. The number of carbonyl (C=O) groups is 1. The number of hydrogen-bond acceptors (Lipinski definition) is 3. The van der Waals surface area contributed by atoms with Gasteiger partial charge in [0.25, 0.3) is 10.2 Å². The van der Waals surface area contributed by atoms with Crippen molar-refractivity contribution in [1.29, 1.82) is 0 Å². The topological polar surface area (TPSA) is 86.7 Å². The second-order valence-electron chi connectivity index (χ2n) is 4.96. The van der Waals surface area contributed by atoms with Crippen molar-refractivity contribution in [2.24, 2.45) is 5.92 Å². The SMILES string of the molecule is O=C(O)C1CCN(S(=O)(=O)NCc2ccc(Cl)cc2)CC1. The summed E-state index contributed by atoms with van der Waals surface area (Å²) in [6, 6.07) is 6.90. The first-order valence-corrected chi connectivity index (χ1v) is 8.42. The standard InChI is InChI=1S/C13H17ClN2O4S/c14-12-3-1-10(2-4-12)9-15-21(19,20)16-7-5-11(6-8-16)13(17)18/h1-4,11,15H,5-9H2,(H,17,18). The molecule has 0 aliphatic carbocycles. The third kappa shape index (κ3) is 4.41. The summed E-state index contributed by atoms with van der Waals surface area (Å²) in [4.78, 5) is 10.9. The molecule has 8 heteroatoms. The first-order chi connectivity index (χ1) is 9.88. The first kappa shape index (κ1) is 16.2. The van der Waals surface area contributed by atoms with E-state index >= 15 is 0 Å². The van der Waals surface area contributed by atoms with Gasteiger partial charge in [0, 0.05) is 24.7 Å². The van der Waals surface area contributed by atoms with E-state index in [0.717, 1.165) is 5.56 Å². The Morgan fingerprint density at radius 2 is 1.86 bits per heavy atom. The van der Waals surface area contributed by atoms with Crippen LogP contribution in [0.1, 0.15) is 18.4 Å². The molecule has 2 rings (SSSR count). The average Bonchev–Trinajstić information content (AvgIpc) is 2.47. The van der Waals surface area contributed by atoms with Crippen molar-refractivity contribution in [3.63, 3.8) is 0 Å². The second-order valence-corrected chi connectivity index (χ2v) is 7.16. The summed E-state index contributed by atoms with van der Waals surface area (Å²) >= 11 is 5.77. The summed E-state index contributed by atoms with van der Waals surface area (Å²) in [6.45, 7) is 0.637. The van der Waals surface area contributed by atoms with Crippen LogP contribution in [0.3, 0.4) is 0 Å². The van der Waals surface area contributed by atoms with Gasteiger partial charge in [-0.15, -0.1) is 0 Å². The Balaban J connectivity index is 1.90. The van der Waals surface area contributed by atoms with E-state index in [1.54, 1.807) is 24.3 Å². The Morgan fingerprint density at radius 3 is 2.38 bits per heavy atom. The molecule has 0 bridgehead atoms. The molecule has 1 saturated heterocycles. The van der Waals surface area contributed by atoms with Crippen molar-refractivity contribution in [3.8, 4) is 0 Å². The number of benzene rings is 1. The van der Waals surface area contributed by atoms with Gasteiger partial charge in [-0.05, 0) is 30.5 Å². The van der Waals surface area contributed by atoms with Crippen molar-refractivity contribution in [1.82, 2.24) is 9.03 Å². The number of aliphatic carboxylic acids is 1. The predicted octanol–water partition coefficient (Wildman–Crippen LogP) is 1.47. The maximum Gasteiger partial charge on any atom is 0.306 e. The summed E-state index contributed by atoms with van der Waals surface area (Å²) in [7, 11) is -3.58. The fourth-order valence-corrected chi connectivity index (χ4v) is 3.56. The number of halogens is 1. The molecule has 0 aromatic heterocycles. The quantitative estimate of drug-likeness (QED) is 0.855. The number of nitrogens with one attached hydrogen (secondary N) is 1. The van der Waals surface area contributed by atoms with Gasteiger partial charge in [0.1, 0.15) is 0 Å². The van der Waals surface area contributed by atoms with E-state index in [0.29, 0.717) is 17.9 Å². The van der Waals surface area contributed by atoms with Crippen LogP contribution >= 0.6 is 11.6 Å². The normalized spacial score (nSPS) is 17.8. The zero-order chi connectivity index (χ0) is 15.5. The van der Waals surface area contributed by atoms with E-state index in [1.807, 2.05) is 0 Å². The van der Waals surface area contributed by atoms with Crippen LogP contribution in [-0.4, -0.2) is 36.9 Å². The largest absolute Gasteiger partial charge is 0.481 e. The van der Waals surface area contributed by atoms with Gasteiger partial charge in [0.15, 0.2) is 0 Å². The van der Waals surface area contributed by atoms with Gasteiger partial charge in [-0.2, -0.15) is 17.4 Å². The van der Waals surface area contributed by atoms with Gasteiger partial charge < -0.3 is 5.11 Å². The summed E-state index contributed by atoms with van der Waals surface area (Å²) in [5.41, 5.74) is 0.809. The van der Waals surface area contributed by atoms with Gasteiger partial charge in [0.05, 0.1) is 5.92 Å². The van der Waals surface area contributed by atoms with Crippen molar-refractivity contribution in [2.75, 3.05) is 13.1 Å². The highest BCUT2D eigenvalue weighted by Crippen LogP contribution is 2.19. The van der Waals surface area contributed by atoms with Crippen LogP contribution in [0.5, 0.6) is 0 Å². The monoisotopic (exact) mass is 332 g/mol. The zero-order valence-corrected chi connectivity index (χ0v) is 12.9. The number of piperidine rings is 1. The van der Waals surface area contributed by atoms with Gasteiger partial charge in [-0.25, -0.2) is 0 Å². The first-order valence-electron chi connectivity index (χ1n) is 6.60. The van der Waals surface area contributed by atoms with Crippen LogP contribution < -0.4 is 4.72 Å². The van der Waals surface area contributed by atoms with Crippen molar-refractivity contribution < 1.29 is 18.3 Å². The zero-order valence-electron chi connectivity index (χ0n) is 11.3. The maximum atomic E-state index is 12.1. The fraction of sp³-hybridized carbons (Fsp3) is 0.462. The number of carboxylic acid groups (broad SMARTS) is 1. The minimum atomic E-state index is -3.58. The summed E-state index contributed by atoms with van der Waals surface area (Å²) in [6.07, 6.45) is 0.689. The molecular formula is C13H17ClN2O4S. The van der Waals surface area contributed by atoms with Crippen LogP contribution in [-0.2, 0) is 21.5 Å². The van der Waals surface area contributed by atoms with E-state index in [4.69, 9.17) is 16.7 Å². The molecule has 0 amide bonds. The highest BCUT2D eigenvalue weighted by atomic mass is 35.5. The molecular weight excluding hydrogens is 316 g/mol. The molecule has 1 aromatic rings. The molecule has 116 valence electrons. The maximum absolute atomic E-state index is 12.1. The van der Waals surface area contributed by atoms with E-state index in [1.165, 1.54) is 4.31 Å². The summed E-state index contributed by atoms with van der Waals surface area (Å²) in [5.74, 6) is -1.31. The van der Waals surface area contributed by atoms with Crippen LogP contribution in [0.25, 0.3) is 0 Å². The Labute approximate surface area is 128 Å². The smallest absolute Gasteiger partial charge is 0.306 e. The molecule has 1 heterocycles. The van der Waals surface area contributed by atoms with Crippen LogP contribution in [0.15, 0.2) is 24.3 Å². The summed E-state index contributed by atoms with van der Waals surface area (Å²) in [5, 5.41) is 9.50. The number of carboxylic acids is 1. The molecule has 0 radical (unpaired) electrons. The molecule has 1 fully saturated rings. The van der Waals surface area contributed by atoms with E-state index in [2.05, 4.69) is 4.72 Å². The molecule has 21 heavy (non-hydrogen) atoms. The average molecular weight is 333 g/mol. The van der Waals surface area contributed by atoms with E-state index < -0.39 is 22.1 Å². The highest BCUT2D eigenvalue weighted by Gasteiger charge is 2.30. The van der Waals surface area contributed by atoms with Crippen molar-refractivity contribution >= 4 is 27.8 Å². The van der Waals surface area contributed by atoms with E-state index in [-0.39, 0.29) is 19.6 Å². The summed E-state index contributed by atoms with van der Waals surface area (Å²) < 4.78 is 28.1.